The predicted octanol–water partition coefficient (Wildman–Crippen LogP) is 5.16. The molecule has 0 unspecified atom stereocenters. The third-order valence-electron chi connectivity index (χ3n) is 5.05. The van der Waals surface area contributed by atoms with Crippen molar-refractivity contribution in [1.82, 2.24) is 20.2 Å². The first-order valence-electron chi connectivity index (χ1n) is 11.0. The van der Waals surface area contributed by atoms with E-state index in [0.29, 0.717) is 5.16 Å². The minimum atomic E-state index is -0.239. The summed E-state index contributed by atoms with van der Waals surface area (Å²) in [5.74, 6) is 1.39. The van der Waals surface area contributed by atoms with Crippen LogP contribution in [0.1, 0.15) is 11.1 Å². The van der Waals surface area contributed by atoms with E-state index < -0.39 is 0 Å². The van der Waals surface area contributed by atoms with Crippen LogP contribution in [0.5, 0.6) is 5.75 Å². The maximum Gasteiger partial charge on any atom is 0.250 e. The van der Waals surface area contributed by atoms with Crippen LogP contribution >= 0.6 is 11.8 Å². The molecule has 0 aliphatic rings. The fourth-order valence-electron chi connectivity index (χ4n) is 3.33. The number of hydrogen-bond donors (Lipinski definition) is 1. The SMILES string of the molecule is COc1ccccc1/C=C/C=N/NC(=O)CSc1nnc(-c2ccccc2)n1-c1ccc(C)cc1. The summed E-state index contributed by atoms with van der Waals surface area (Å²) in [7, 11) is 1.63. The molecule has 4 aromatic rings. The lowest BCUT2D eigenvalue weighted by atomic mass is 10.2. The van der Waals surface area contributed by atoms with Gasteiger partial charge in [-0.05, 0) is 37.3 Å². The highest BCUT2D eigenvalue weighted by Gasteiger charge is 2.17. The van der Waals surface area contributed by atoms with Crippen LogP contribution in [0.4, 0.5) is 0 Å². The maximum atomic E-state index is 12.4. The molecule has 0 radical (unpaired) electrons. The number of nitrogens with one attached hydrogen (secondary N) is 1. The Labute approximate surface area is 208 Å². The number of ether oxygens (including phenoxy) is 1. The fraction of sp³-hybridized carbons (Fsp3) is 0.111. The second kappa shape index (κ2) is 11.8. The van der Waals surface area contributed by atoms with Gasteiger partial charge in [-0.3, -0.25) is 9.36 Å². The molecule has 0 aliphatic heterocycles. The number of nitrogens with zero attached hydrogens (tertiary/aromatic N) is 4. The number of allylic oxidation sites excluding steroid dienone is 1. The number of hydrogen-bond acceptors (Lipinski definition) is 6. The predicted molar refractivity (Wildman–Crippen MR) is 141 cm³/mol. The summed E-state index contributed by atoms with van der Waals surface area (Å²) in [5.41, 5.74) is 6.51. The van der Waals surface area contributed by atoms with E-state index in [1.807, 2.05) is 96.4 Å². The quantitative estimate of drug-likeness (QED) is 0.202. The number of carbonyl (C=O) groups is 1. The zero-order chi connectivity index (χ0) is 24.5. The van der Waals surface area contributed by atoms with Gasteiger partial charge in [0, 0.05) is 23.0 Å². The first-order valence-corrected chi connectivity index (χ1v) is 12.0. The number of hydrazone groups is 1. The molecule has 1 aromatic heterocycles. The van der Waals surface area contributed by atoms with E-state index in [4.69, 9.17) is 4.74 Å². The van der Waals surface area contributed by atoms with E-state index in [9.17, 15) is 4.79 Å². The number of amides is 1. The van der Waals surface area contributed by atoms with Crippen LogP contribution < -0.4 is 10.2 Å². The zero-order valence-corrected chi connectivity index (χ0v) is 20.3. The molecule has 1 N–H and O–H groups in total. The minimum absolute atomic E-state index is 0.145. The molecule has 0 aliphatic carbocycles. The van der Waals surface area contributed by atoms with Crippen LogP contribution in [-0.2, 0) is 4.79 Å². The monoisotopic (exact) mass is 483 g/mol. The van der Waals surface area contributed by atoms with Gasteiger partial charge in [0.1, 0.15) is 5.75 Å². The molecule has 176 valence electrons. The molecule has 8 heteroatoms. The van der Waals surface area contributed by atoms with Gasteiger partial charge in [0.15, 0.2) is 11.0 Å². The number of rotatable bonds is 9. The van der Waals surface area contributed by atoms with E-state index >= 15 is 0 Å². The Morgan fingerprint density at radius 3 is 2.54 bits per heavy atom. The maximum absolute atomic E-state index is 12.4. The van der Waals surface area contributed by atoms with Crippen LogP contribution in [0.3, 0.4) is 0 Å². The van der Waals surface area contributed by atoms with Crippen molar-refractivity contribution < 1.29 is 9.53 Å². The molecule has 0 fully saturated rings. The lowest BCUT2D eigenvalue weighted by molar-refractivity contribution is -0.118. The molecule has 0 saturated carbocycles. The number of thioether (sulfide) groups is 1. The van der Waals surface area contributed by atoms with E-state index in [2.05, 4.69) is 20.7 Å². The summed E-state index contributed by atoms with van der Waals surface area (Å²) >= 11 is 1.30. The highest BCUT2D eigenvalue weighted by atomic mass is 32.2. The number of benzene rings is 3. The Hall–Kier alpha value is -4.17. The normalized spacial score (nSPS) is 11.3. The lowest BCUT2D eigenvalue weighted by Crippen LogP contribution is -2.19. The highest BCUT2D eigenvalue weighted by molar-refractivity contribution is 7.99. The van der Waals surface area contributed by atoms with Crippen molar-refractivity contribution in [3.63, 3.8) is 0 Å². The Kier molecular flexibility index (Phi) is 8.08. The molecule has 1 amide bonds. The Morgan fingerprint density at radius 2 is 1.77 bits per heavy atom. The summed E-state index contributed by atoms with van der Waals surface area (Å²) in [6.07, 6.45) is 5.13. The van der Waals surface area contributed by atoms with Crippen molar-refractivity contribution >= 4 is 30.0 Å². The number of methoxy groups -OCH3 is 1. The molecule has 0 atom stereocenters. The van der Waals surface area contributed by atoms with E-state index in [-0.39, 0.29) is 11.7 Å². The average molecular weight is 484 g/mol. The first-order chi connectivity index (χ1) is 17.2. The number of aryl methyl sites for hydroxylation is 1. The van der Waals surface area contributed by atoms with E-state index in [1.165, 1.54) is 18.0 Å². The Bertz CT molecular complexity index is 1330. The second-order valence-electron chi connectivity index (χ2n) is 7.55. The number of aromatic nitrogens is 3. The molecule has 4 rings (SSSR count). The van der Waals surface area contributed by atoms with Gasteiger partial charge < -0.3 is 4.74 Å². The van der Waals surface area contributed by atoms with Crippen molar-refractivity contribution in [2.24, 2.45) is 5.10 Å². The van der Waals surface area contributed by atoms with Crippen molar-refractivity contribution in [3.8, 4) is 22.8 Å². The zero-order valence-electron chi connectivity index (χ0n) is 19.5. The van der Waals surface area contributed by atoms with Gasteiger partial charge in [0.2, 0.25) is 0 Å². The van der Waals surface area contributed by atoms with Crippen molar-refractivity contribution in [2.75, 3.05) is 12.9 Å². The summed E-state index contributed by atoms with van der Waals surface area (Å²) < 4.78 is 7.27. The molecular weight excluding hydrogens is 458 g/mol. The molecule has 7 nitrogen and oxygen atoms in total. The molecule has 0 saturated heterocycles. The average Bonchev–Trinajstić information content (AvgIpc) is 3.32. The van der Waals surface area contributed by atoms with Crippen LogP contribution in [-0.4, -0.2) is 39.7 Å². The third-order valence-corrected chi connectivity index (χ3v) is 5.98. The minimum Gasteiger partial charge on any atom is -0.496 e. The van der Waals surface area contributed by atoms with Crippen LogP contribution in [0.2, 0.25) is 0 Å². The van der Waals surface area contributed by atoms with Gasteiger partial charge in [-0.1, -0.05) is 78.0 Å². The van der Waals surface area contributed by atoms with Crippen LogP contribution in [0, 0.1) is 6.92 Å². The van der Waals surface area contributed by atoms with Crippen molar-refractivity contribution in [1.29, 1.82) is 0 Å². The summed E-state index contributed by atoms with van der Waals surface area (Å²) in [4.78, 5) is 12.4. The van der Waals surface area contributed by atoms with Gasteiger partial charge >= 0.3 is 0 Å². The van der Waals surface area contributed by atoms with Crippen molar-refractivity contribution in [3.05, 3.63) is 96.1 Å². The summed E-state index contributed by atoms with van der Waals surface area (Å²) in [6.45, 7) is 2.04. The van der Waals surface area contributed by atoms with Gasteiger partial charge in [-0.15, -0.1) is 10.2 Å². The second-order valence-corrected chi connectivity index (χ2v) is 8.49. The van der Waals surface area contributed by atoms with E-state index in [0.717, 1.165) is 34.0 Å². The smallest absolute Gasteiger partial charge is 0.250 e. The standard InChI is InChI=1S/C27H25N5O2S/c1-20-14-16-23(17-15-20)32-26(22-10-4-3-5-11-22)30-31-27(32)35-19-25(33)29-28-18-8-12-21-9-6-7-13-24(21)34-2/h3-18H,19H2,1-2H3,(H,29,33)/b12-8+,28-18+. The molecule has 3 aromatic carbocycles. The molecule has 0 bridgehead atoms. The molecule has 1 heterocycles. The first kappa shape index (κ1) is 24.0. The molecule has 35 heavy (non-hydrogen) atoms. The molecule has 0 spiro atoms. The van der Waals surface area contributed by atoms with Crippen molar-refractivity contribution in [2.45, 2.75) is 12.1 Å². The topological polar surface area (TPSA) is 81.4 Å². The largest absolute Gasteiger partial charge is 0.496 e. The fourth-order valence-corrected chi connectivity index (χ4v) is 4.07. The van der Waals surface area contributed by atoms with Crippen LogP contribution in [0.15, 0.2) is 95.2 Å². The number of carbonyl (C=O) groups excluding carboxylic acids is 1. The number of para-hydroxylation sites is 1. The van der Waals surface area contributed by atoms with Gasteiger partial charge in [-0.2, -0.15) is 5.10 Å². The Morgan fingerprint density at radius 1 is 1.03 bits per heavy atom. The summed E-state index contributed by atoms with van der Waals surface area (Å²) in [6, 6.07) is 25.6. The van der Waals surface area contributed by atoms with Gasteiger partial charge in [0.05, 0.1) is 12.9 Å². The van der Waals surface area contributed by atoms with Gasteiger partial charge in [0.25, 0.3) is 5.91 Å². The van der Waals surface area contributed by atoms with Gasteiger partial charge in [-0.25, -0.2) is 5.43 Å². The summed E-state index contributed by atoms with van der Waals surface area (Å²) in [5, 5.41) is 13.4. The van der Waals surface area contributed by atoms with E-state index in [1.54, 1.807) is 13.2 Å². The molecular formula is C27H25N5O2S. The third kappa shape index (κ3) is 6.24. The highest BCUT2D eigenvalue weighted by Crippen LogP contribution is 2.28. The lowest BCUT2D eigenvalue weighted by Gasteiger charge is -2.10. The Balaban J connectivity index is 1.42. The van der Waals surface area contributed by atoms with Crippen LogP contribution in [0.25, 0.3) is 23.2 Å².